The zero-order chi connectivity index (χ0) is 18.0. The zero-order valence-corrected chi connectivity index (χ0v) is 14.5. The first kappa shape index (κ1) is 17.4. The largest absolute Gasteiger partial charge is 0.492 e. The van der Waals surface area contributed by atoms with Crippen LogP contribution in [0.15, 0.2) is 18.3 Å². The van der Waals surface area contributed by atoms with Crippen molar-refractivity contribution in [2.45, 2.75) is 26.4 Å². The average Bonchev–Trinajstić information content (AvgIpc) is 3.13. The standard InChI is InChI=1S/C16H15BN2O5S/c1-4-22-14(20)7-12-15-9(2)5-10(6-11(15)17(21)24-12)23-16-19-8-13(18-3)25-16/h5-6,8,12,21H,4,7H2,1-2H3. The fourth-order valence-corrected chi connectivity index (χ4v) is 3.34. The second-order valence-corrected chi connectivity index (χ2v) is 6.38. The van der Waals surface area contributed by atoms with Crippen molar-refractivity contribution in [1.82, 2.24) is 4.98 Å². The van der Waals surface area contributed by atoms with Gasteiger partial charge in [-0.25, -0.2) is 9.83 Å². The molecule has 0 bridgehead atoms. The maximum atomic E-state index is 11.7. The van der Waals surface area contributed by atoms with E-state index in [4.69, 9.17) is 20.7 Å². The first-order valence-corrected chi connectivity index (χ1v) is 8.48. The highest BCUT2D eigenvalue weighted by Crippen LogP contribution is 2.35. The fraction of sp³-hybridized carbons (Fsp3) is 0.312. The van der Waals surface area contributed by atoms with Crippen LogP contribution in [0, 0.1) is 13.5 Å². The van der Waals surface area contributed by atoms with Gasteiger partial charge < -0.3 is 19.2 Å². The first-order valence-electron chi connectivity index (χ1n) is 7.66. The molecule has 9 heteroatoms. The molecule has 0 saturated carbocycles. The van der Waals surface area contributed by atoms with Gasteiger partial charge in [-0.05, 0) is 42.6 Å². The molecule has 1 unspecified atom stereocenters. The molecule has 2 heterocycles. The molecule has 1 aliphatic heterocycles. The SMILES string of the molecule is [C-]#[N+]c1cnc(Oc2cc(C)c3c(c2)B(O)OC3CC(=O)OCC)s1. The number of carbonyl (C=O) groups excluding carboxylic acids is 1. The molecule has 7 nitrogen and oxygen atoms in total. The summed E-state index contributed by atoms with van der Waals surface area (Å²) in [6.45, 7) is 10.9. The molecule has 0 saturated heterocycles. The Bertz CT molecular complexity index is 848. The number of carbonyl (C=O) groups is 1. The maximum Gasteiger partial charge on any atom is 0.492 e. The number of aryl methyl sites for hydroxylation is 1. The van der Waals surface area contributed by atoms with Crippen LogP contribution in [-0.2, 0) is 14.2 Å². The van der Waals surface area contributed by atoms with Crippen LogP contribution in [-0.4, -0.2) is 29.7 Å². The van der Waals surface area contributed by atoms with Crippen LogP contribution in [0.2, 0.25) is 0 Å². The predicted octanol–water partition coefficient (Wildman–Crippen LogP) is 2.51. The molecule has 0 fully saturated rings. The third kappa shape index (κ3) is 3.66. The highest BCUT2D eigenvalue weighted by molar-refractivity contribution is 7.17. The molecule has 1 N–H and O–H groups in total. The van der Waals surface area contributed by atoms with Gasteiger partial charge in [0.15, 0.2) is 0 Å². The van der Waals surface area contributed by atoms with Gasteiger partial charge in [-0.15, -0.1) is 0 Å². The Hall–Kier alpha value is -2.41. The normalized spacial score (nSPS) is 15.6. The van der Waals surface area contributed by atoms with E-state index in [2.05, 4.69) is 9.83 Å². The van der Waals surface area contributed by atoms with E-state index < -0.39 is 13.2 Å². The van der Waals surface area contributed by atoms with Crippen LogP contribution in [0.4, 0.5) is 5.00 Å². The van der Waals surface area contributed by atoms with Crippen molar-refractivity contribution in [1.29, 1.82) is 0 Å². The Morgan fingerprint density at radius 1 is 1.56 bits per heavy atom. The van der Waals surface area contributed by atoms with Crippen LogP contribution in [0.3, 0.4) is 0 Å². The van der Waals surface area contributed by atoms with Crippen molar-refractivity contribution in [3.8, 4) is 10.9 Å². The number of benzene rings is 1. The predicted molar refractivity (Wildman–Crippen MR) is 92.3 cm³/mol. The van der Waals surface area contributed by atoms with Gasteiger partial charge in [0.05, 0.1) is 25.7 Å². The molecule has 0 aliphatic carbocycles. The Balaban J connectivity index is 1.84. The molecule has 1 aliphatic rings. The maximum absolute atomic E-state index is 11.7. The van der Waals surface area contributed by atoms with Gasteiger partial charge in [-0.3, -0.25) is 4.79 Å². The number of rotatable bonds is 5. The molecule has 1 atom stereocenters. The van der Waals surface area contributed by atoms with Crippen LogP contribution >= 0.6 is 11.3 Å². The average molecular weight is 358 g/mol. The van der Waals surface area contributed by atoms with Crippen LogP contribution in [0.25, 0.3) is 4.85 Å². The molecule has 0 radical (unpaired) electrons. The van der Waals surface area contributed by atoms with Crippen molar-refractivity contribution in [3.63, 3.8) is 0 Å². The van der Waals surface area contributed by atoms with Gasteiger partial charge in [0.2, 0.25) is 0 Å². The van der Waals surface area contributed by atoms with Gasteiger partial charge in [0, 0.05) is 6.20 Å². The van der Waals surface area contributed by atoms with E-state index in [1.165, 1.54) is 6.20 Å². The van der Waals surface area contributed by atoms with E-state index in [0.717, 1.165) is 22.5 Å². The van der Waals surface area contributed by atoms with Gasteiger partial charge >= 0.3 is 13.1 Å². The molecule has 25 heavy (non-hydrogen) atoms. The Morgan fingerprint density at radius 2 is 2.36 bits per heavy atom. The summed E-state index contributed by atoms with van der Waals surface area (Å²) in [7, 11) is -1.13. The van der Waals surface area contributed by atoms with E-state index >= 15 is 0 Å². The summed E-state index contributed by atoms with van der Waals surface area (Å²) in [5, 5.41) is 11.0. The number of nitrogens with zero attached hydrogens (tertiary/aromatic N) is 2. The molecule has 1 aromatic carbocycles. The molecule has 128 valence electrons. The highest BCUT2D eigenvalue weighted by Gasteiger charge is 2.38. The number of ether oxygens (including phenoxy) is 2. The van der Waals surface area contributed by atoms with E-state index in [-0.39, 0.29) is 12.4 Å². The van der Waals surface area contributed by atoms with Crippen molar-refractivity contribution in [2.75, 3.05) is 6.61 Å². The molecule has 0 amide bonds. The number of fused-ring (bicyclic) bond motifs is 1. The van der Waals surface area contributed by atoms with E-state index in [9.17, 15) is 9.82 Å². The Kier molecular flexibility index (Phi) is 5.04. The van der Waals surface area contributed by atoms with Crippen molar-refractivity contribution in [2.24, 2.45) is 0 Å². The summed E-state index contributed by atoms with van der Waals surface area (Å²) in [6.07, 6.45) is 0.937. The second kappa shape index (κ2) is 7.23. The lowest BCUT2D eigenvalue weighted by molar-refractivity contribution is -0.145. The molecule has 3 rings (SSSR count). The highest BCUT2D eigenvalue weighted by atomic mass is 32.1. The fourth-order valence-electron chi connectivity index (χ4n) is 2.76. The van der Waals surface area contributed by atoms with Crippen LogP contribution in [0.1, 0.15) is 30.6 Å². The minimum absolute atomic E-state index is 0.0415. The van der Waals surface area contributed by atoms with Gasteiger partial charge in [-0.1, -0.05) is 11.3 Å². The molecule has 2 aromatic rings. The Morgan fingerprint density at radius 3 is 3.04 bits per heavy atom. The van der Waals surface area contributed by atoms with Gasteiger partial charge in [0.1, 0.15) is 5.75 Å². The molecular formula is C16H15BN2O5S. The van der Waals surface area contributed by atoms with Crippen molar-refractivity contribution < 1.29 is 23.9 Å². The number of hydrogen-bond donors (Lipinski definition) is 1. The molecule has 0 spiro atoms. The quantitative estimate of drug-likeness (QED) is 0.502. The Labute approximate surface area is 149 Å². The summed E-state index contributed by atoms with van der Waals surface area (Å²) < 4.78 is 16.1. The van der Waals surface area contributed by atoms with E-state index in [1.807, 2.05) is 6.92 Å². The van der Waals surface area contributed by atoms with Gasteiger partial charge in [-0.2, -0.15) is 0 Å². The smallest absolute Gasteiger partial charge is 0.466 e. The van der Waals surface area contributed by atoms with Crippen molar-refractivity contribution in [3.05, 3.63) is 40.9 Å². The summed E-state index contributed by atoms with van der Waals surface area (Å²) in [5.41, 5.74) is 2.17. The third-order valence-electron chi connectivity index (χ3n) is 3.72. The van der Waals surface area contributed by atoms with Gasteiger partial charge in [0.25, 0.3) is 10.2 Å². The first-order chi connectivity index (χ1) is 12.0. The minimum atomic E-state index is -1.13. The topological polar surface area (TPSA) is 82.2 Å². The summed E-state index contributed by atoms with van der Waals surface area (Å²) >= 11 is 1.14. The minimum Gasteiger partial charge on any atom is -0.466 e. The number of esters is 1. The number of thiazole rings is 1. The summed E-state index contributed by atoms with van der Waals surface area (Å²) in [4.78, 5) is 19.0. The summed E-state index contributed by atoms with van der Waals surface area (Å²) in [6, 6.07) is 3.45. The van der Waals surface area contributed by atoms with Crippen molar-refractivity contribution >= 4 is 34.9 Å². The molecule has 1 aromatic heterocycles. The van der Waals surface area contributed by atoms with E-state index in [1.54, 1.807) is 19.1 Å². The lowest BCUT2D eigenvalue weighted by atomic mass is 9.77. The molecular weight excluding hydrogens is 343 g/mol. The zero-order valence-electron chi connectivity index (χ0n) is 13.7. The lowest BCUT2D eigenvalue weighted by Gasteiger charge is -2.14. The summed E-state index contributed by atoms with van der Waals surface area (Å²) in [5.74, 6) is 0.114. The van der Waals surface area contributed by atoms with Crippen LogP contribution in [0.5, 0.6) is 10.9 Å². The van der Waals surface area contributed by atoms with E-state index in [0.29, 0.717) is 28.0 Å². The second-order valence-electron chi connectivity index (χ2n) is 5.41. The number of aromatic nitrogens is 1. The lowest BCUT2D eigenvalue weighted by Crippen LogP contribution is -2.28. The monoisotopic (exact) mass is 358 g/mol. The number of hydrogen-bond acceptors (Lipinski definition) is 7. The third-order valence-corrected chi connectivity index (χ3v) is 4.49. The van der Waals surface area contributed by atoms with Crippen LogP contribution < -0.4 is 10.2 Å².